The normalized spacial score (nSPS) is 11.0. The Morgan fingerprint density at radius 2 is 1.50 bits per heavy atom. The van der Waals surface area contributed by atoms with E-state index in [-0.39, 0.29) is 0 Å². The lowest BCUT2D eigenvalue weighted by Gasteiger charge is -2.12. The average Bonchev–Trinajstić information content (AvgIpc) is 3.14. The van der Waals surface area contributed by atoms with Gasteiger partial charge in [0.05, 0.1) is 24.8 Å². The zero-order valence-electron chi connectivity index (χ0n) is 19.0. The van der Waals surface area contributed by atoms with E-state index in [1.807, 2.05) is 36.4 Å². The summed E-state index contributed by atoms with van der Waals surface area (Å²) in [7, 11) is 1.66. The third-order valence-electron chi connectivity index (χ3n) is 5.40. The van der Waals surface area contributed by atoms with Crippen molar-refractivity contribution in [2.45, 2.75) is 39.8 Å². The van der Waals surface area contributed by atoms with Gasteiger partial charge in [-0.05, 0) is 86.3 Å². The highest BCUT2D eigenvalue weighted by molar-refractivity contribution is 5.75. The Bertz CT molecular complexity index is 1150. The predicted molar refractivity (Wildman–Crippen MR) is 128 cm³/mol. The molecule has 4 aromatic rings. The molecule has 0 bridgehead atoms. The molecule has 4 rings (SSSR count). The first-order valence-electron chi connectivity index (χ1n) is 11.0. The minimum absolute atomic E-state index is 0.417. The first-order valence-corrected chi connectivity index (χ1v) is 11.0. The number of unbranched alkanes of at least 4 members (excludes halogenated alkanes) is 1. The number of methoxy groups -OCH3 is 1. The Morgan fingerprint density at radius 3 is 2.25 bits per heavy atom. The van der Waals surface area contributed by atoms with Gasteiger partial charge in [-0.1, -0.05) is 18.2 Å². The number of aromatic nitrogens is 2. The molecule has 1 aromatic heterocycles. The van der Waals surface area contributed by atoms with Crippen LogP contribution in [-0.4, -0.2) is 23.3 Å². The highest BCUT2D eigenvalue weighted by Crippen LogP contribution is 2.21. The van der Waals surface area contributed by atoms with Crippen molar-refractivity contribution in [1.82, 2.24) is 9.55 Å². The van der Waals surface area contributed by atoms with Crippen molar-refractivity contribution in [3.63, 3.8) is 0 Å². The van der Waals surface area contributed by atoms with Crippen LogP contribution in [0.3, 0.4) is 0 Å². The van der Waals surface area contributed by atoms with Crippen LogP contribution >= 0.6 is 0 Å². The number of ether oxygens (including phenoxy) is 3. The van der Waals surface area contributed by atoms with Gasteiger partial charge < -0.3 is 18.8 Å². The van der Waals surface area contributed by atoms with E-state index in [0.717, 1.165) is 53.5 Å². The molecule has 32 heavy (non-hydrogen) atoms. The van der Waals surface area contributed by atoms with Crippen molar-refractivity contribution in [3.8, 4) is 17.2 Å². The van der Waals surface area contributed by atoms with E-state index in [0.29, 0.717) is 13.2 Å². The lowest BCUT2D eigenvalue weighted by molar-refractivity contribution is 0.284. The lowest BCUT2D eigenvalue weighted by atomic mass is 10.1. The lowest BCUT2D eigenvalue weighted by Crippen LogP contribution is -2.09. The molecular formula is C27H30N2O3. The van der Waals surface area contributed by atoms with Gasteiger partial charge in [0.1, 0.15) is 29.7 Å². The van der Waals surface area contributed by atoms with Crippen molar-refractivity contribution < 1.29 is 14.2 Å². The topological polar surface area (TPSA) is 45.5 Å². The third kappa shape index (κ3) is 5.41. The molecule has 0 fully saturated rings. The highest BCUT2D eigenvalue weighted by Gasteiger charge is 2.11. The Hall–Kier alpha value is -3.47. The number of nitrogens with zero attached hydrogens (tertiary/aromatic N) is 2. The van der Waals surface area contributed by atoms with E-state index < -0.39 is 0 Å². The van der Waals surface area contributed by atoms with Crippen LogP contribution < -0.4 is 14.2 Å². The summed E-state index contributed by atoms with van der Waals surface area (Å²) >= 11 is 0. The van der Waals surface area contributed by atoms with Crippen molar-refractivity contribution in [1.29, 1.82) is 0 Å². The van der Waals surface area contributed by atoms with E-state index in [1.165, 1.54) is 11.1 Å². The summed E-state index contributed by atoms with van der Waals surface area (Å²) in [4.78, 5) is 4.81. The number of imidazole rings is 1. The van der Waals surface area contributed by atoms with Crippen LogP contribution in [0.5, 0.6) is 17.2 Å². The number of hydrogen-bond donors (Lipinski definition) is 0. The van der Waals surface area contributed by atoms with E-state index in [1.54, 1.807) is 7.11 Å². The van der Waals surface area contributed by atoms with E-state index >= 15 is 0 Å². The van der Waals surface area contributed by atoms with Gasteiger partial charge in [0.25, 0.3) is 0 Å². The Labute approximate surface area is 189 Å². The number of fused-ring (bicyclic) bond motifs is 1. The SMILES string of the molecule is COc1ccc(OCc2nc3ccccc3n2CCCCOc2cc(C)cc(C)c2)cc1. The average molecular weight is 431 g/mol. The Morgan fingerprint density at radius 1 is 0.781 bits per heavy atom. The molecule has 166 valence electrons. The fourth-order valence-corrected chi connectivity index (χ4v) is 3.88. The summed E-state index contributed by atoms with van der Waals surface area (Å²) in [5, 5.41) is 0. The number of aryl methyl sites for hydroxylation is 3. The van der Waals surface area contributed by atoms with Gasteiger partial charge >= 0.3 is 0 Å². The molecule has 0 N–H and O–H groups in total. The van der Waals surface area contributed by atoms with Crippen LogP contribution in [0.15, 0.2) is 66.7 Å². The largest absolute Gasteiger partial charge is 0.497 e. The van der Waals surface area contributed by atoms with Gasteiger partial charge in [-0.3, -0.25) is 0 Å². The molecule has 0 aliphatic rings. The molecule has 0 aliphatic carbocycles. The second kappa shape index (κ2) is 10.2. The number of rotatable bonds is 10. The summed E-state index contributed by atoms with van der Waals surface area (Å²) < 4.78 is 19.4. The molecule has 5 heteroatoms. The van der Waals surface area contributed by atoms with Gasteiger partial charge in [-0.2, -0.15) is 0 Å². The standard InChI is InChI=1S/C27H30N2O3/c1-20-16-21(2)18-24(17-20)31-15-7-6-14-29-26-9-5-4-8-25(26)28-27(29)19-32-23-12-10-22(30-3)11-13-23/h4-5,8-13,16-18H,6-7,14-15,19H2,1-3H3. The summed E-state index contributed by atoms with van der Waals surface area (Å²) in [6, 6.07) is 22.2. The van der Waals surface area contributed by atoms with Crippen molar-refractivity contribution in [2.24, 2.45) is 0 Å². The summed E-state index contributed by atoms with van der Waals surface area (Å²) in [6.07, 6.45) is 1.97. The molecule has 0 aliphatic heterocycles. The molecule has 0 spiro atoms. The smallest absolute Gasteiger partial charge is 0.147 e. The van der Waals surface area contributed by atoms with Crippen LogP contribution in [0.25, 0.3) is 11.0 Å². The van der Waals surface area contributed by atoms with Crippen LogP contribution in [0, 0.1) is 13.8 Å². The maximum Gasteiger partial charge on any atom is 0.147 e. The molecule has 0 saturated carbocycles. The van der Waals surface area contributed by atoms with Gasteiger partial charge in [-0.15, -0.1) is 0 Å². The molecule has 3 aromatic carbocycles. The molecule has 1 heterocycles. The maximum atomic E-state index is 6.01. The van der Waals surface area contributed by atoms with Crippen LogP contribution in [-0.2, 0) is 13.2 Å². The summed E-state index contributed by atoms with van der Waals surface area (Å²) in [6.45, 7) is 6.18. The van der Waals surface area contributed by atoms with Gasteiger partial charge in [0.2, 0.25) is 0 Å². The molecule has 0 radical (unpaired) electrons. The van der Waals surface area contributed by atoms with Crippen LogP contribution in [0.2, 0.25) is 0 Å². The van der Waals surface area contributed by atoms with E-state index in [9.17, 15) is 0 Å². The van der Waals surface area contributed by atoms with Crippen molar-refractivity contribution >= 4 is 11.0 Å². The highest BCUT2D eigenvalue weighted by atomic mass is 16.5. The van der Waals surface area contributed by atoms with Crippen molar-refractivity contribution in [3.05, 3.63) is 83.7 Å². The minimum atomic E-state index is 0.417. The number of para-hydroxylation sites is 2. The first kappa shape index (κ1) is 21.8. The number of benzene rings is 3. The van der Waals surface area contributed by atoms with E-state index in [2.05, 4.69) is 48.7 Å². The minimum Gasteiger partial charge on any atom is -0.497 e. The Balaban J connectivity index is 1.37. The van der Waals surface area contributed by atoms with Crippen LogP contribution in [0.1, 0.15) is 29.8 Å². The second-order valence-corrected chi connectivity index (χ2v) is 8.01. The molecular weight excluding hydrogens is 400 g/mol. The zero-order chi connectivity index (χ0) is 22.3. The zero-order valence-corrected chi connectivity index (χ0v) is 19.0. The molecule has 0 amide bonds. The monoisotopic (exact) mass is 430 g/mol. The molecule has 5 nitrogen and oxygen atoms in total. The first-order chi connectivity index (χ1) is 15.6. The summed E-state index contributed by atoms with van der Waals surface area (Å²) in [5.41, 5.74) is 4.58. The molecule has 0 atom stereocenters. The number of hydrogen-bond acceptors (Lipinski definition) is 4. The van der Waals surface area contributed by atoms with Gasteiger partial charge in [0.15, 0.2) is 0 Å². The van der Waals surface area contributed by atoms with Gasteiger partial charge in [-0.25, -0.2) is 4.98 Å². The second-order valence-electron chi connectivity index (χ2n) is 8.01. The van der Waals surface area contributed by atoms with Crippen LogP contribution in [0.4, 0.5) is 0 Å². The van der Waals surface area contributed by atoms with E-state index in [4.69, 9.17) is 19.2 Å². The fourth-order valence-electron chi connectivity index (χ4n) is 3.88. The quantitative estimate of drug-likeness (QED) is 0.285. The molecule has 0 saturated heterocycles. The van der Waals surface area contributed by atoms with Gasteiger partial charge in [0, 0.05) is 6.54 Å². The third-order valence-corrected chi connectivity index (χ3v) is 5.40. The molecule has 0 unspecified atom stereocenters. The Kier molecular flexibility index (Phi) is 6.95. The maximum absolute atomic E-state index is 6.01. The predicted octanol–water partition coefficient (Wildman–Crippen LogP) is 6.10. The summed E-state index contributed by atoms with van der Waals surface area (Å²) in [5.74, 6) is 3.49. The fraction of sp³-hybridized carbons (Fsp3) is 0.296. The van der Waals surface area contributed by atoms with Crippen molar-refractivity contribution in [2.75, 3.05) is 13.7 Å².